The van der Waals surface area contributed by atoms with Crippen molar-refractivity contribution in [3.05, 3.63) is 237 Å². The molecule has 5 heteroatoms. The van der Waals surface area contributed by atoms with Gasteiger partial charge in [-0.15, -0.1) is 0 Å². The van der Waals surface area contributed by atoms with Crippen LogP contribution in [-0.2, 0) is 9.13 Å². The van der Waals surface area contributed by atoms with E-state index in [-0.39, 0.29) is 0 Å². The molecule has 2 unspecified atom stereocenters. The Kier molecular flexibility index (Phi) is 9.42. The number of nitrogens with zero attached hydrogens (tertiary/aromatic N) is 1. The van der Waals surface area contributed by atoms with Gasteiger partial charge in [-0.2, -0.15) is 0 Å². The summed E-state index contributed by atoms with van der Waals surface area (Å²) >= 11 is 0. The molecule has 0 radical (unpaired) electrons. The largest absolute Gasteiger partial charge is 0.309 e. The number of hydrogen-bond donors (Lipinski definition) is 0. The van der Waals surface area contributed by atoms with E-state index in [4.69, 9.17) is 0 Å². The molecule has 0 saturated carbocycles. The number of rotatable bonds is 9. The molecule has 1 heterocycles. The summed E-state index contributed by atoms with van der Waals surface area (Å²) in [5.41, 5.74) is 7.09. The van der Waals surface area contributed by atoms with Gasteiger partial charge in [0, 0.05) is 48.3 Å². The van der Waals surface area contributed by atoms with Gasteiger partial charge >= 0.3 is 0 Å². The first-order chi connectivity index (χ1) is 29.0. The second-order valence-electron chi connectivity index (χ2n) is 14.8. The van der Waals surface area contributed by atoms with E-state index in [1.54, 1.807) is 0 Å². The summed E-state index contributed by atoms with van der Waals surface area (Å²) in [4.78, 5) is 0. The lowest BCUT2D eigenvalue weighted by atomic mass is 10.1. The Morgan fingerprint density at radius 3 is 0.966 bits per heavy atom. The smallest absolute Gasteiger partial charge is 0.171 e. The van der Waals surface area contributed by atoms with E-state index in [2.05, 4.69) is 114 Å². The number of para-hydroxylation sites is 2. The first-order valence-electron chi connectivity index (χ1n) is 19.8. The highest BCUT2D eigenvalue weighted by Gasteiger charge is 2.36. The van der Waals surface area contributed by atoms with Crippen LogP contribution >= 0.6 is 14.3 Å². The van der Waals surface area contributed by atoms with E-state index in [1.165, 1.54) is 0 Å². The highest BCUT2D eigenvalue weighted by molar-refractivity contribution is 7.86. The van der Waals surface area contributed by atoms with Crippen molar-refractivity contribution >= 4 is 67.9 Å². The predicted octanol–water partition coefficient (Wildman–Crippen LogP) is 11.4. The lowest BCUT2D eigenvalue weighted by Crippen LogP contribution is -2.31. The summed E-state index contributed by atoms with van der Waals surface area (Å²) < 4.78 is 35.4. The van der Waals surface area contributed by atoms with Crippen molar-refractivity contribution < 1.29 is 9.13 Å². The first-order valence-corrected chi connectivity index (χ1v) is 23.2. The van der Waals surface area contributed by atoms with Gasteiger partial charge in [0.2, 0.25) is 0 Å². The van der Waals surface area contributed by atoms with Gasteiger partial charge in [0.1, 0.15) is 0 Å². The van der Waals surface area contributed by atoms with Crippen molar-refractivity contribution in [2.75, 3.05) is 0 Å². The summed E-state index contributed by atoms with van der Waals surface area (Å²) in [5.74, 6) is 0. The molecule has 1 aromatic heterocycles. The molecule has 0 aliphatic carbocycles. The second-order valence-corrected chi connectivity index (χ2v) is 20.3. The lowest BCUT2D eigenvalue weighted by molar-refractivity contribution is 0.592. The summed E-state index contributed by atoms with van der Waals surface area (Å²) in [7, 11) is -7.20. The van der Waals surface area contributed by atoms with E-state index >= 15 is 9.13 Å². The van der Waals surface area contributed by atoms with Gasteiger partial charge in [-0.05, 0) is 52.6 Å². The maximum absolute atomic E-state index is 16.6. The average molecular weight is 796 g/mol. The van der Waals surface area contributed by atoms with Gasteiger partial charge in [0.25, 0.3) is 0 Å². The van der Waals surface area contributed by atoms with Gasteiger partial charge < -0.3 is 13.7 Å². The molecule has 0 N–H and O–H groups in total. The first kappa shape index (κ1) is 36.6. The third kappa shape index (κ3) is 6.41. The standard InChI is InChI=1S/C54H39NO2P2/c56-58(45-21-9-3-10-22-45,47-33-29-42(30-34-47)40-17-5-1-6-18-40)49-37-44(55-53-27-15-13-25-51(53)52-26-14-16-28-54(52)55)38-50(39-49)59(57,46-23-11-4-12-24-46)48-35-31-43(32-36-48)41-19-7-2-8-20-41/h1-39H. The number of aromatic nitrogens is 1. The fourth-order valence-corrected chi connectivity index (χ4v) is 13.9. The summed E-state index contributed by atoms with van der Waals surface area (Å²) in [6.45, 7) is 0. The highest BCUT2D eigenvalue weighted by atomic mass is 31.2. The van der Waals surface area contributed by atoms with Crippen molar-refractivity contribution in [3.63, 3.8) is 0 Å². The molecule has 10 aromatic rings. The third-order valence-electron chi connectivity index (χ3n) is 11.4. The van der Waals surface area contributed by atoms with Gasteiger partial charge in [-0.3, -0.25) is 0 Å². The summed E-state index contributed by atoms with van der Waals surface area (Å²) in [6.07, 6.45) is 0. The maximum atomic E-state index is 16.6. The molecular formula is C54H39NO2P2. The van der Waals surface area contributed by atoms with Gasteiger partial charge in [-0.1, -0.05) is 206 Å². The van der Waals surface area contributed by atoms with Crippen molar-refractivity contribution in [2.45, 2.75) is 0 Å². The third-order valence-corrected chi connectivity index (χ3v) is 17.4. The molecule has 0 spiro atoms. The zero-order chi connectivity index (χ0) is 39.8. The number of benzene rings is 9. The van der Waals surface area contributed by atoms with E-state index in [1.807, 2.05) is 127 Å². The van der Waals surface area contributed by atoms with Crippen LogP contribution in [-0.4, -0.2) is 4.57 Å². The van der Waals surface area contributed by atoms with E-state index in [0.717, 1.165) is 49.7 Å². The van der Waals surface area contributed by atoms with Crippen LogP contribution in [0.1, 0.15) is 0 Å². The zero-order valence-electron chi connectivity index (χ0n) is 32.2. The lowest BCUT2D eigenvalue weighted by Gasteiger charge is -2.26. The maximum Gasteiger partial charge on any atom is 0.171 e. The molecule has 59 heavy (non-hydrogen) atoms. The van der Waals surface area contributed by atoms with Gasteiger partial charge in [-0.25, -0.2) is 0 Å². The van der Waals surface area contributed by atoms with Crippen LogP contribution < -0.4 is 31.8 Å². The minimum absolute atomic E-state index is 0.614. The predicted molar refractivity (Wildman–Crippen MR) is 250 cm³/mol. The summed E-state index contributed by atoms with van der Waals surface area (Å²) in [5, 5.41) is 6.27. The molecule has 0 aliphatic heterocycles. The molecule has 9 aromatic carbocycles. The molecule has 282 valence electrons. The molecular weight excluding hydrogens is 757 g/mol. The molecule has 0 aliphatic rings. The second kappa shape index (κ2) is 15.2. The molecule has 0 amide bonds. The molecule has 3 nitrogen and oxygen atoms in total. The Hall–Kier alpha value is -6.76. The van der Waals surface area contributed by atoms with E-state index in [0.29, 0.717) is 31.8 Å². The SMILES string of the molecule is O=P(c1ccccc1)(c1ccc(-c2ccccc2)cc1)c1cc(-n2c3ccccc3c3ccccc32)cc(P(=O)(c2ccccc2)c2ccc(-c3ccccc3)cc2)c1. The minimum Gasteiger partial charge on any atom is -0.309 e. The Balaban J connectivity index is 1.27. The fourth-order valence-electron chi connectivity index (χ4n) is 8.43. The van der Waals surface area contributed by atoms with Crippen LogP contribution in [0, 0.1) is 0 Å². The van der Waals surface area contributed by atoms with Crippen LogP contribution in [0.3, 0.4) is 0 Å². The topological polar surface area (TPSA) is 39.1 Å². The monoisotopic (exact) mass is 795 g/mol. The van der Waals surface area contributed by atoms with Crippen LogP contribution in [0.4, 0.5) is 0 Å². The Bertz CT molecular complexity index is 2970. The average Bonchev–Trinajstić information content (AvgIpc) is 3.66. The number of hydrogen-bond acceptors (Lipinski definition) is 2. The Morgan fingerprint density at radius 1 is 0.271 bits per heavy atom. The Labute approximate surface area is 344 Å². The van der Waals surface area contributed by atoms with Crippen LogP contribution in [0.25, 0.3) is 49.7 Å². The molecule has 2 atom stereocenters. The van der Waals surface area contributed by atoms with Crippen molar-refractivity contribution in [1.29, 1.82) is 0 Å². The minimum atomic E-state index is -3.60. The van der Waals surface area contributed by atoms with Crippen molar-refractivity contribution in [2.24, 2.45) is 0 Å². The van der Waals surface area contributed by atoms with Gasteiger partial charge in [0.05, 0.1) is 11.0 Å². The van der Waals surface area contributed by atoms with Crippen LogP contribution in [0.2, 0.25) is 0 Å². The van der Waals surface area contributed by atoms with E-state index in [9.17, 15) is 0 Å². The quantitative estimate of drug-likeness (QED) is 0.137. The highest BCUT2D eigenvalue weighted by Crippen LogP contribution is 2.47. The Morgan fingerprint density at radius 2 is 0.576 bits per heavy atom. The molecule has 10 rings (SSSR count). The normalized spacial score (nSPS) is 13.5. The zero-order valence-corrected chi connectivity index (χ0v) is 34.0. The fraction of sp³-hybridized carbons (Fsp3) is 0. The van der Waals surface area contributed by atoms with Crippen LogP contribution in [0.15, 0.2) is 237 Å². The molecule has 0 saturated heterocycles. The molecule has 0 fully saturated rings. The van der Waals surface area contributed by atoms with E-state index < -0.39 is 14.3 Å². The number of fused-ring (bicyclic) bond motifs is 3. The van der Waals surface area contributed by atoms with Crippen LogP contribution in [0.5, 0.6) is 0 Å². The van der Waals surface area contributed by atoms with Crippen molar-refractivity contribution in [1.82, 2.24) is 4.57 Å². The molecule has 0 bridgehead atoms. The van der Waals surface area contributed by atoms with Gasteiger partial charge in [0.15, 0.2) is 14.3 Å². The summed E-state index contributed by atoms with van der Waals surface area (Å²) in [6, 6.07) is 79.1. The van der Waals surface area contributed by atoms with Crippen molar-refractivity contribution in [3.8, 4) is 27.9 Å².